The molecule has 0 aromatic carbocycles. The molecule has 0 aliphatic carbocycles. The van der Waals surface area contributed by atoms with E-state index >= 15 is 0 Å². The van der Waals surface area contributed by atoms with Crippen LogP contribution in [0, 0.1) is 0 Å². The Hall–Kier alpha value is -2.11. The average molecular weight is 249 g/mol. The first-order valence-corrected chi connectivity index (χ1v) is 5.74. The lowest BCUT2D eigenvalue weighted by atomic mass is 9.73. The second-order valence-corrected chi connectivity index (χ2v) is 4.46. The number of hydrogen-bond donors (Lipinski definition) is 2. The van der Waals surface area contributed by atoms with Crippen LogP contribution < -0.4 is 5.73 Å². The van der Waals surface area contributed by atoms with Crippen LogP contribution in [0.5, 0.6) is 0 Å². The fourth-order valence-electron chi connectivity index (χ4n) is 2.40. The van der Waals surface area contributed by atoms with Crippen molar-refractivity contribution in [3.8, 4) is 0 Å². The maximum atomic E-state index is 11.8. The van der Waals surface area contributed by atoms with Gasteiger partial charge in [0.05, 0.1) is 5.41 Å². The number of amides is 2. The van der Waals surface area contributed by atoms with Crippen molar-refractivity contribution >= 4 is 12.0 Å². The third-order valence-corrected chi connectivity index (χ3v) is 3.57. The number of nitrogens with zero attached hydrogens (tertiary/aromatic N) is 2. The van der Waals surface area contributed by atoms with Crippen molar-refractivity contribution in [2.75, 3.05) is 13.1 Å². The zero-order valence-corrected chi connectivity index (χ0v) is 9.87. The third kappa shape index (κ3) is 2.01. The summed E-state index contributed by atoms with van der Waals surface area (Å²) in [6.07, 6.45) is 3.10. The Labute approximate surface area is 104 Å². The van der Waals surface area contributed by atoms with Gasteiger partial charge in [-0.05, 0) is 24.5 Å². The SMILES string of the molecule is NC(=O)C1(c2cccnc2)CCN(C(=O)O)CC1. The van der Waals surface area contributed by atoms with Crippen LogP contribution in [0.3, 0.4) is 0 Å². The number of carbonyl (C=O) groups is 2. The Bertz CT molecular complexity index is 453. The average Bonchev–Trinajstić information content (AvgIpc) is 2.39. The van der Waals surface area contributed by atoms with Crippen molar-refractivity contribution in [1.82, 2.24) is 9.88 Å². The molecule has 0 radical (unpaired) electrons. The predicted molar refractivity (Wildman–Crippen MR) is 63.9 cm³/mol. The van der Waals surface area contributed by atoms with Crippen LogP contribution in [0.15, 0.2) is 24.5 Å². The van der Waals surface area contributed by atoms with Gasteiger partial charge in [0.2, 0.25) is 5.91 Å². The zero-order valence-electron chi connectivity index (χ0n) is 9.87. The highest BCUT2D eigenvalue weighted by Gasteiger charge is 2.42. The Morgan fingerprint density at radius 1 is 1.39 bits per heavy atom. The summed E-state index contributed by atoms with van der Waals surface area (Å²) in [5.74, 6) is -0.416. The van der Waals surface area contributed by atoms with Gasteiger partial charge in [0, 0.05) is 25.5 Å². The molecule has 6 nitrogen and oxygen atoms in total. The second kappa shape index (κ2) is 4.64. The minimum atomic E-state index is -0.959. The van der Waals surface area contributed by atoms with E-state index in [1.54, 1.807) is 18.5 Å². The summed E-state index contributed by atoms with van der Waals surface area (Å²) < 4.78 is 0. The van der Waals surface area contributed by atoms with Gasteiger partial charge in [-0.1, -0.05) is 6.07 Å². The fraction of sp³-hybridized carbons (Fsp3) is 0.417. The number of nitrogens with two attached hydrogens (primary N) is 1. The first kappa shape index (κ1) is 12.3. The highest BCUT2D eigenvalue weighted by Crippen LogP contribution is 2.34. The molecule has 0 atom stereocenters. The summed E-state index contributed by atoms with van der Waals surface area (Å²) >= 11 is 0. The van der Waals surface area contributed by atoms with Crippen LogP contribution in [0.1, 0.15) is 18.4 Å². The monoisotopic (exact) mass is 249 g/mol. The van der Waals surface area contributed by atoms with Gasteiger partial charge >= 0.3 is 6.09 Å². The van der Waals surface area contributed by atoms with Crippen molar-refractivity contribution in [1.29, 1.82) is 0 Å². The summed E-state index contributed by atoms with van der Waals surface area (Å²) in [6.45, 7) is 0.625. The van der Waals surface area contributed by atoms with E-state index in [4.69, 9.17) is 10.8 Å². The highest BCUT2D eigenvalue weighted by molar-refractivity contribution is 5.87. The van der Waals surface area contributed by atoms with Crippen LogP contribution >= 0.6 is 0 Å². The molecule has 0 bridgehead atoms. The maximum absolute atomic E-state index is 11.8. The molecule has 2 amide bonds. The van der Waals surface area contributed by atoms with E-state index in [1.807, 2.05) is 6.07 Å². The van der Waals surface area contributed by atoms with Crippen LogP contribution in [0.4, 0.5) is 4.79 Å². The number of carboxylic acid groups (broad SMARTS) is 1. The standard InChI is InChI=1S/C12H15N3O3/c13-10(16)12(9-2-1-5-14-8-9)3-6-15(7-4-12)11(17)18/h1-2,5,8H,3-4,6-7H2,(H2,13,16)(H,17,18). The second-order valence-electron chi connectivity index (χ2n) is 4.46. The molecule has 1 aliphatic heterocycles. The van der Waals surface area contributed by atoms with Crippen molar-refractivity contribution in [2.24, 2.45) is 5.73 Å². The molecule has 3 N–H and O–H groups in total. The minimum absolute atomic E-state index is 0.313. The summed E-state index contributed by atoms with van der Waals surface area (Å²) in [7, 11) is 0. The van der Waals surface area contributed by atoms with Crippen molar-refractivity contribution in [3.63, 3.8) is 0 Å². The number of pyridine rings is 1. The first-order valence-electron chi connectivity index (χ1n) is 5.74. The molecule has 96 valence electrons. The van der Waals surface area contributed by atoms with Gasteiger partial charge < -0.3 is 15.7 Å². The molecule has 0 unspecified atom stereocenters. The number of piperidine rings is 1. The number of aromatic nitrogens is 1. The highest BCUT2D eigenvalue weighted by atomic mass is 16.4. The normalized spacial score (nSPS) is 18.3. The fourth-order valence-corrected chi connectivity index (χ4v) is 2.40. The van der Waals surface area contributed by atoms with E-state index in [9.17, 15) is 9.59 Å². The summed E-state index contributed by atoms with van der Waals surface area (Å²) in [5, 5.41) is 8.92. The van der Waals surface area contributed by atoms with E-state index in [2.05, 4.69) is 4.98 Å². The van der Waals surface area contributed by atoms with Gasteiger partial charge in [0.1, 0.15) is 0 Å². The molecule has 1 aromatic heterocycles. The van der Waals surface area contributed by atoms with E-state index in [0.29, 0.717) is 25.9 Å². The number of primary amides is 1. The van der Waals surface area contributed by atoms with Crippen molar-refractivity contribution in [3.05, 3.63) is 30.1 Å². The van der Waals surface area contributed by atoms with Crippen LogP contribution in [0.2, 0.25) is 0 Å². The van der Waals surface area contributed by atoms with E-state index in [1.165, 1.54) is 4.90 Å². The first-order chi connectivity index (χ1) is 8.56. The van der Waals surface area contributed by atoms with Crippen LogP contribution in [0.25, 0.3) is 0 Å². The van der Waals surface area contributed by atoms with Crippen molar-refractivity contribution in [2.45, 2.75) is 18.3 Å². The molecule has 1 fully saturated rings. The quantitative estimate of drug-likeness (QED) is 0.801. The van der Waals surface area contributed by atoms with E-state index in [0.717, 1.165) is 5.56 Å². The predicted octanol–water partition coefficient (Wildman–Crippen LogP) is 0.578. The number of hydrogen-bond acceptors (Lipinski definition) is 3. The minimum Gasteiger partial charge on any atom is -0.465 e. The molecule has 6 heteroatoms. The Kier molecular flexibility index (Phi) is 3.18. The summed E-state index contributed by atoms with van der Waals surface area (Å²) in [4.78, 5) is 28.0. The van der Waals surface area contributed by atoms with Gasteiger partial charge in [-0.15, -0.1) is 0 Å². The molecule has 1 aliphatic rings. The van der Waals surface area contributed by atoms with Crippen molar-refractivity contribution < 1.29 is 14.7 Å². The lowest BCUT2D eigenvalue weighted by Gasteiger charge is -2.38. The molecule has 2 heterocycles. The number of rotatable bonds is 2. The number of likely N-dealkylation sites (tertiary alicyclic amines) is 1. The van der Waals surface area contributed by atoms with Gasteiger partial charge in [-0.2, -0.15) is 0 Å². The number of carbonyl (C=O) groups excluding carboxylic acids is 1. The van der Waals surface area contributed by atoms with E-state index < -0.39 is 17.4 Å². The smallest absolute Gasteiger partial charge is 0.407 e. The van der Waals surface area contributed by atoms with Gasteiger partial charge in [-0.25, -0.2) is 4.79 Å². The van der Waals surface area contributed by atoms with Crippen LogP contribution in [-0.2, 0) is 10.2 Å². The Morgan fingerprint density at radius 2 is 2.06 bits per heavy atom. The summed E-state index contributed by atoms with van der Waals surface area (Å²) in [6, 6.07) is 3.57. The van der Waals surface area contributed by atoms with Gasteiger partial charge in [-0.3, -0.25) is 9.78 Å². The molecular weight excluding hydrogens is 234 g/mol. The Morgan fingerprint density at radius 3 is 2.50 bits per heavy atom. The molecule has 18 heavy (non-hydrogen) atoms. The summed E-state index contributed by atoms with van der Waals surface area (Å²) in [5.41, 5.74) is 5.50. The van der Waals surface area contributed by atoms with Crippen LogP contribution in [-0.4, -0.2) is 40.1 Å². The largest absolute Gasteiger partial charge is 0.465 e. The zero-order chi connectivity index (χ0) is 13.2. The molecule has 2 rings (SSSR count). The molecular formula is C12H15N3O3. The molecule has 0 saturated carbocycles. The topological polar surface area (TPSA) is 96.5 Å². The van der Waals surface area contributed by atoms with Gasteiger partial charge in [0.25, 0.3) is 0 Å². The van der Waals surface area contributed by atoms with Gasteiger partial charge in [0.15, 0.2) is 0 Å². The maximum Gasteiger partial charge on any atom is 0.407 e. The third-order valence-electron chi connectivity index (χ3n) is 3.57. The lowest BCUT2D eigenvalue weighted by molar-refractivity contribution is -0.125. The lowest BCUT2D eigenvalue weighted by Crippen LogP contribution is -2.51. The molecule has 0 spiro atoms. The molecule has 1 saturated heterocycles. The van der Waals surface area contributed by atoms with E-state index in [-0.39, 0.29) is 0 Å². The Balaban J connectivity index is 2.27. The molecule has 1 aromatic rings.